The van der Waals surface area contributed by atoms with Crippen molar-refractivity contribution in [2.24, 2.45) is 0 Å². The summed E-state index contributed by atoms with van der Waals surface area (Å²) < 4.78 is 0. The third kappa shape index (κ3) is 3.25. The number of carbonyl (C=O) groups is 2. The van der Waals surface area contributed by atoms with E-state index >= 15 is 0 Å². The number of amides is 1. The highest BCUT2D eigenvalue weighted by molar-refractivity contribution is 5.94. The molecular weight excluding hydrogens is 298 g/mol. The van der Waals surface area contributed by atoms with Crippen LogP contribution < -0.4 is 4.90 Å². The molecule has 23 heavy (non-hydrogen) atoms. The molecular formula is C15H15N5O3. The molecule has 1 aliphatic rings. The van der Waals surface area contributed by atoms with Crippen LogP contribution in [0.2, 0.25) is 0 Å². The maximum absolute atomic E-state index is 12.4. The van der Waals surface area contributed by atoms with Crippen molar-refractivity contribution in [1.29, 1.82) is 0 Å². The second-order valence-electron chi connectivity index (χ2n) is 5.06. The maximum atomic E-state index is 12.4. The second-order valence-corrected chi connectivity index (χ2v) is 5.06. The minimum Gasteiger partial charge on any atom is -0.477 e. The molecule has 0 unspecified atom stereocenters. The Labute approximate surface area is 132 Å². The Morgan fingerprint density at radius 1 is 1.04 bits per heavy atom. The van der Waals surface area contributed by atoms with Crippen LogP contribution in [0.15, 0.2) is 36.8 Å². The first-order valence-corrected chi connectivity index (χ1v) is 7.16. The Morgan fingerprint density at radius 2 is 1.78 bits per heavy atom. The van der Waals surface area contributed by atoms with Gasteiger partial charge in [-0.3, -0.25) is 9.78 Å². The molecule has 1 saturated heterocycles. The van der Waals surface area contributed by atoms with Crippen LogP contribution in [0.1, 0.15) is 21.0 Å². The van der Waals surface area contributed by atoms with E-state index in [9.17, 15) is 9.59 Å². The summed E-state index contributed by atoms with van der Waals surface area (Å²) >= 11 is 0. The lowest BCUT2D eigenvalue weighted by atomic mass is 10.2. The first-order chi connectivity index (χ1) is 11.1. The Bertz CT molecular complexity index is 714. The molecule has 2 aromatic heterocycles. The number of hydrogen-bond acceptors (Lipinski definition) is 6. The van der Waals surface area contributed by atoms with E-state index in [1.165, 1.54) is 18.2 Å². The number of carboxylic acid groups (broad SMARTS) is 1. The average Bonchev–Trinajstić information content (AvgIpc) is 2.62. The Balaban J connectivity index is 1.66. The van der Waals surface area contributed by atoms with Gasteiger partial charge >= 0.3 is 5.97 Å². The van der Waals surface area contributed by atoms with E-state index in [-0.39, 0.29) is 17.3 Å². The molecule has 0 atom stereocenters. The zero-order valence-electron chi connectivity index (χ0n) is 12.3. The van der Waals surface area contributed by atoms with Crippen LogP contribution in [0.4, 0.5) is 5.82 Å². The van der Waals surface area contributed by atoms with Crippen LogP contribution in [0, 0.1) is 0 Å². The summed E-state index contributed by atoms with van der Waals surface area (Å²) in [7, 11) is 0. The Hall–Kier alpha value is -3.03. The molecule has 0 radical (unpaired) electrons. The van der Waals surface area contributed by atoms with Gasteiger partial charge in [0.2, 0.25) is 0 Å². The molecule has 3 rings (SSSR count). The normalized spacial score (nSPS) is 14.6. The lowest BCUT2D eigenvalue weighted by Gasteiger charge is -2.35. The number of aromatic nitrogens is 3. The number of nitrogens with zero attached hydrogens (tertiary/aromatic N) is 5. The highest BCUT2D eigenvalue weighted by Crippen LogP contribution is 2.13. The van der Waals surface area contributed by atoms with Crippen molar-refractivity contribution in [1.82, 2.24) is 19.9 Å². The SMILES string of the molecule is O=C(O)c1cccc(C(=O)N2CCN(c3cnccn3)CC2)n1. The second kappa shape index (κ2) is 6.39. The van der Waals surface area contributed by atoms with Gasteiger partial charge in [-0.25, -0.2) is 14.8 Å². The third-order valence-electron chi connectivity index (χ3n) is 3.63. The number of anilines is 1. The molecule has 2 aromatic rings. The zero-order chi connectivity index (χ0) is 16.2. The summed E-state index contributed by atoms with van der Waals surface area (Å²) in [5.74, 6) is -0.621. The molecule has 118 valence electrons. The van der Waals surface area contributed by atoms with E-state index in [0.29, 0.717) is 26.2 Å². The first kappa shape index (κ1) is 14.9. The topological polar surface area (TPSA) is 99.5 Å². The third-order valence-corrected chi connectivity index (χ3v) is 3.63. The van der Waals surface area contributed by atoms with E-state index in [2.05, 4.69) is 19.9 Å². The minimum atomic E-state index is -1.15. The minimum absolute atomic E-state index is 0.131. The van der Waals surface area contributed by atoms with Crippen LogP contribution in [0.3, 0.4) is 0 Å². The summed E-state index contributed by atoms with van der Waals surface area (Å²) in [6, 6.07) is 4.43. The van der Waals surface area contributed by atoms with Crippen LogP contribution in [-0.2, 0) is 0 Å². The first-order valence-electron chi connectivity index (χ1n) is 7.16. The molecule has 0 aromatic carbocycles. The summed E-state index contributed by atoms with van der Waals surface area (Å²) in [4.78, 5) is 39.3. The van der Waals surface area contributed by atoms with Crippen molar-refractivity contribution in [3.8, 4) is 0 Å². The number of piperazine rings is 1. The largest absolute Gasteiger partial charge is 0.477 e. The lowest BCUT2D eigenvalue weighted by molar-refractivity contribution is 0.0689. The van der Waals surface area contributed by atoms with Crippen LogP contribution in [-0.4, -0.2) is 63.0 Å². The lowest BCUT2D eigenvalue weighted by Crippen LogP contribution is -2.49. The molecule has 1 N–H and O–H groups in total. The molecule has 0 bridgehead atoms. The van der Waals surface area contributed by atoms with Crippen LogP contribution in [0.5, 0.6) is 0 Å². The summed E-state index contributed by atoms with van der Waals surface area (Å²) in [6.45, 7) is 2.33. The molecule has 0 spiro atoms. The number of pyridine rings is 1. The predicted molar refractivity (Wildman–Crippen MR) is 81.3 cm³/mol. The van der Waals surface area contributed by atoms with E-state index in [0.717, 1.165) is 5.82 Å². The average molecular weight is 313 g/mol. The Kier molecular flexibility index (Phi) is 4.13. The van der Waals surface area contributed by atoms with Gasteiger partial charge in [-0.1, -0.05) is 6.07 Å². The number of aromatic carboxylic acids is 1. The van der Waals surface area contributed by atoms with Gasteiger partial charge in [0.1, 0.15) is 17.2 Å². The number of rotatable bonds is 3. The molecule has 8 nitrogen and oxygen atoms in total. The van der Waals surface area contributed by atoms with Crippen molar-refractivity contribution in [3.05, 3.63) is 48.2 Å². The smallest absolute Gasteiger partial charge is 0.354 e. The van der Waals surface area contributed by atoms with E-state index in [4.69, 9.17) is 5.11 Å². The van der Waals surface area contributed by atoms with E-state index in [1.807, 2.05) is 0 Å². The van der Waals surface area contributed by atoms with Crippen LogP contribution in [0.25, 0.3) is 0 Å². The monoisotopic (exact) mass is 313 g/mol. The molecule has 8 heteroatoms. The predicted octanol–water partition coefficient (Wildman–Crippen LogP) is 0.532. The van der Waals surface area contributed by atoms with Crippen molar-refractivity contribution >= 4 is 17.7 Å². The quantitative estimate of drug-likeness (QED) is 0.882. The van der Waals surface area contributed by atoms with Gasteiger partial charge in [-0.2, -0.15) is 0 Å². The fourth-order valence-corrected chi connectivity index (χ4v) is 2.43. The summed E-state index contributed by atoms with van der Waals surface area (Å²) in [5.41, 5.74) is 0.0203. The van der Waals surface area contributed by atoms with Gasteiger partial charge in [0.25, 0.3) is 5.91 Å². The van der Waals surface area contributed by atoms with E-state index in [1.54, 1.807) is 23.5 Å². The molecule has 1 aliphatic heterocycles. The molecule has 3 heterocycles. The number of carbonyl (C=O) groups excluding carboxylic acids is 1. The maximum Gasteiger partial charge on any atom is 0.354 e. The van der Waals surface area contributed by atoms with Gasteiger partial charge in [-0.15, -0.1) is 0 Å². The van der Waals surface area contributed by atoms with E-state index < -0.39 is 5.97 Å². The highest BCUT2D eigenvalue weighted by Gasteiger charge is 2.24. The van der Waals surface area contributed by atoms with Crippen molar-refractivity contribution in [2.75, 3.05) is 31.1 Å². The van der Waals surface area contributed by atoms with Crippen LogP contribution >= 0.6 is 0 Å². The number of hydrogen-bond donors (Lipinski definition) is 1. The Morgan fingerprint density at radius 3 is 2.43 bits per heavy atom. The molecule has 1 amide bonds. The molecule has 0 saturated carbocycles. The fourth-order valence-electron chi connectivity index (χ4n) is 2.43. The zero-order valence-corrected chi connectivity index (χ0v) is 12.3. The van der Waals surface area contributed by atoms with Gasteiger partial charge in [-0.05, 0) is 12.1 Å². The summed E-state index contributed by atoms with van der Waals surface area (Å²) in [5, 5.41) is 8.96. The number of carboxylic acids is 1. The molecule has 1 fully saturated rings. The van der Waals surface area contributed by atoms with Gasteiger partial charge in [0.05, 0.1) is 6.20 Å². The fraction of sp³-hybridized carbons (Fsp3) is 0.267. The standard InChI is InChI=1S/C15H15N5O3/c21-14(11-2-1-3-12(18-11)15(22)23)20-8-6-19(7-9-20)13-10-16-4-5-17-13/h1-5,10H,6-9H2,(H,22,23). The van der Waals surface area contributed by atoms with Crippen molar-refractivity contribution in [3.63, 3.8) is 0 Å². The molecule has 0 aliphatic carbocycles. The van der Waals surface area contributed by atoms with Gasteiger partial charge in [0.15, 0.2) is 0 Å². The van der Waals surface area contributed by atoms with Crippen molar-refractivity contribution < 1.29 is 14.7 Å². The van der Waals surface area contributed by atoms with Crippen molar-refractivity contribution in [2.45, 2.75) is 0 Å². The van der Waals surface area contributed by atoms with Gasteiger partial charge < -0.3 is 14.9 Å². The highest BCUT2D eigenvalue weighted by atomic mass is 16.4. The summed E-state index contributed by atoms with van der Waals surface area (Å²) in [6.07, 6.45) is 4.94. The van der Waals surface area contributed by atoms with Gasteiger partial charge in [0, 0.05) is 38.6 Å².